The zero-order valence-corrected chi connectivity index (χ0v) is 12.8. The quantitative estimate of drug-likeness (QED) is 0.726. The van der Waals surface area contributed by atoms with E-state index in [1.807, 2.05) is 36.4 Å². The fraction of sp³-hybridized carbons (Fsp3) is 0.0625. The van der Waals surface area contributed by atoms with Gasteiger partial charge in [-0.2, -0.15) is 0 Å². The summed E-state index contributed by atoms with van der Waals surface area (Å²) < 4.78 is 0.822. The van der Waals surface area contributed by atoms with Crippen LogP contribution in [0.1, 0.15) is 17.2 Å². The molecule has 3 aromatic rings. The maximum Gasteiger partial charge on any atom is 0.107 e. The summed E-state index contributed by atoms with van der Waals surface area (Å²) in [4.78, 5) is 4.37. The number of nitrogens with zero attached hydrogens (tertiary/aromatic N) is 1. The largest absolute Gasteiger partial charge is 0.384 e. The molecule has 0 fully saturated rings. The van der Waals surface area contributed by atoms with Gasteiger partial charge in [-0.1, -0.05) is 45.7 Å². The summed E-state index contributed by atoms with van der Waals surface area (Å²) >= 11 is 9.43. The van der Waals surface area contributed by atoms with Gasteiger partial charge in [-0.05, 0) is 30.3 Å². The number of hydrogen-bond acceptors (Lipinski definition) is 2. The molecule has 3 rings (SSSR count). The topological polar surface area (TPSA) is 33.1 Å². The van der Waals surface area contributed by atoms with E-state index in [-0.39, 0.29) is 0 Å². The second-order valence-electron chi connectivity index (χ2n) is 4.53. The summed E-state index contributed by atoms with van der Waals surface area (Å²) in [5.74, 6) is 0. The van der Waals surface area contributed by atoms with Crippen LogP contribution in [-0.4, -0.2) is 10.1 Å². The Balaban J connectivity index is 2.07. The minimum absolute atomic E-state index is 0.594. The second-order valence-corrected chi connectivity index (χ2v) is 5.82. The van der Waals surface area contributed by atoms with Crippen LogP contribution in [-0.2, 0) is 0 Å². The highest BCUT2D eigenvalue weighted by Crippen LogP contribution is 2.31. The number of aliphatic hydroxyl groups is 1. The van der Waals surface area contributed by atoms with Crippen LogP contribution >= 0.6 is 27.5 Å². The molecular weight excluding hydrogens is 338 g/mol. The van der Waals surface area contributed by atoms with Crippen molar-refractivity contribution in [3.63, 3.8) is 0 Å². The van der Waals surface area contributed by atoms with Crippen LogP contribution < -0.4 is 0 Å². The van der Waals surface area contributed by atoms with Crippen LogP contribution in [0, 0.1) is 0 Å². The Morgan fingerprint density at radius 3 is 2.75 bits per heavy atom. The highest BCUT2D eigenvalue weighted by molar-refractivity contribution is 9.10. The zero-order chi connectivity index (χ0) is 14.1. The Morgan fingerprint density at radius 1 is 1.10 bits per heavy atom. The summed E-state index contributed by atoms with van der Waals surface area (Å²) in [5.41, 5.74) is 2.38. The van der Waals surface area contributed by atoms with Gasteiger partial charge >= 0.3 is 0 Å². The van der Waals surface area contributed by atoms with Crippen LogP contribution in [0.5, 0.6) is 0 Å². The standard InChI is InChI=1S/C16H11BrClNO/c17-14-6-5-12(18)8-13(14)16(20)11-7-10-3-1-2-4-15(10)19-9-11/h1-9,16,20H. The lowest BCUT2D eigenvalue weighted by atomic mass is 10.0. The lowest BCUT2D eigenvalue weighted by molar-refractivity contribution is 0.219. The minimum atomic E-state index is -0.764. The fourth-order valence-electron chi connectivity index (χ4n) is 2.14. The number of aromatic nitrogens is 1. The van der Waals surface area contributed by atoms with Gasteiger partial charge in [0.1, 0.15) is 6.10 Å². The van der Waals surface area contributed by atoms with E-state index in [0.29, 0.717) is 5.02 Å². The van der Waals surface area contributed by atoms with Crippen molar-refractivity contribution in [3.8, 4) is 0 Å². The van der Waals surface area contributed by atoms with Crippen LogP contribution in [0.2, 0.25) is 5.02 Å². The lowest BCUT2D eigenvalue weighted by Gasteiger charge is -2.14. The first kappa shape index (κ1) is 13.6. The van der Waals surface area contributed by atoms with E-state index in [1.54, 1.807) is 18.3 Å². The Bertz CT molecular complexity index is 775. The van der Waals surface area contributed by atoms with Crippen LogP contribution in [0.25, 0.3) is 10.9 Å². The summed E-state index contributed by atoms with van der Waals surface area (Å²) in [6.45, 7) is 0. The number of halogens is 2. The molecule has 20 heavy (non-hydrogen) atoms. The van der Waals surface area contributed by atoms with E-state index in [2.05, 4.69) is 20.9 Å². The lowest BCUT2D eigenvalue weighted by Crippen LogP contribution is -2.01. The number of pyridine rings is 1. The first-order valence-corrected chi connectivity index (χ1v) is 7.30. The maximum absolute atomic E-state index is 10.5. The third kappa shape index (κ3) is 2.57. The summed E-state index contributed by atoms with van der Waals surface area (Å²) in [6.07, 6.45) is 0.931. The predicted molar refractivity (Wildman–Crippen MR) is 85.0 cm³/mol. The molecule has 4 heteroatoms. The first-order chi connectivity index (χ1) is 9.65. The molecule has 0 aliphatic heterocycles. The van der Waals surface area contributed by atoms with E-state index in [0.717, 1.165) is 26.5 Å². The Kier molecular flexibility index (Phi) is 3.74. The molecule has 1 N–H and O–H groups in total. The second kappa shape index (κ2) is 5.52. The molecule has 1 heterocycles. The fourth-order valence-corrected chi connectivity index (χ4v) is 2.79. The van der Waals surface area contributed by atoms with Crippen molar-refractivity contribution < 1.29 is 5.11 Å². The van der Waals surface area contributed by atoms with Gasteiger partial charge in [0.25, 0.3) is 0 Å². The third-order valence-electron chi connectivity index (χ3n) is 3.18. The molecule has 2 nitrogen and oxygen atoms in total. The molecule has 1 atom stereocenters. The number of benzene rings is 2. The van der Waals surface area contributed by atoms with Crippen LogP contribution in [0.15, 0.2) is 59.2 Å². The Labute approximate surface area is 130 Å². The Morgan fingerprint density at radius 2 is 1.90 bits per heavy atom. The number of aliphatic hydroxyl groups excluding tert-OH is 1. The van der Waals surface area contributed by atoms with Gasteiger partial charge in [0.05, 0.1) is 5.52 Å². The van der Waals surface area contributed by atoms with E-state index >= 15 is 0 Å². The van der Waals surface area contributed by atoms with Crippen molar-refractivity contribution >= 4 is 38.4 Å². The molecule has 0 saturated carbocycles. The van der Waals surface area contributed by atoms with Gasteiger partial charge in [0, 0.05) is 32.2 Å². The maximum atomic E-state index is 10.5. The van der Waals surface area contributed by atoms with Crippen molar-refractivity contribution in [1.82, 2.24) is 4.98 Å². The minimum Gasteiger partial charge on any atom is -0.384 e. The number of hydrogen-bond donors (Lipinski definition) is 1. The smallest absolute Gasteiger partial charge is 0.107 e. The summed E-state index contributed by atoms with van der Waals surface area (Å²) in [5, 5.41) is 12.1. The van der Waals surface area contributed by atoms with Crippen molar-refractivity contribution in [3.05, 3.63) is 75.4 Å². The van der Waals surface area contributed by atoms with Crippen LogP contribution in [0.3, 0.4) is 0 Å². The van der Waals surface area contributed by atoms with E-state index in [1.165, 1.54) is 0 Å². The molecule has 1 aromatic heterocycles. The van der Waals surface area contributed by atoms with Crippen molar-refractivity contribution in [2.24, 2.45) is 0 Å². The highest BCUT2D eigenvalue weighted by Gasteiger charge is 2.15. The number of rotatable bonds is 2. The van der Waals surface area contributed by atoms with Gasteiger partial charge in [0.2, 0.25) is 0 Å². The van der Waals surface area contributed by atoms with Crippen LogP contribution in [0.4, 0.5) is 0 Å². The molecule has 0 saturated heterocycles. The van der Waals surface area contributed by atoms with Crippen molar-refractivity contribution in [1.29, 1.82) is 0 Å². The molecule has 0 amide bonds. The molecule has 0 aliphatic carbocycles. The zero-order valence-electron chi connectivity index (χ0n) is 10.4. The molecule has 2 aromatic carbocycles. The average Bonchev–Trinajstić information content (AvgIpc) is 2.48. The van der Waals surface area contributed by atoms with E-state index in [4.69, 9.17) is 11.6 Å². The molecule has 0 radical (unpaired) electrons. The van der Waals surface area contributed by atoms with Crippen molar-refractivity contribution in [2.45, 2.75) is 6.10 Å². The molecule has 0 aliphatic rings. The monoisotopic (exact) mass is 347 g/mol. The normalized spacial score (nSPS) is 12.6. The SMILES string of the molecule is OC(c1cnc2ccccc2c1)c1cc(Cl)ccc1Br. The van der Waals surface area contributed by atoms with E-state index in [9.17, 15) is 5.11 Å². The van der Waals surface area contributed by atoms with Crippen molar-refractivity contribution in [2.75, 3.05) is 0 Å². The van der Waals surface area contributed by atoms with Gasteiger partial charge in [-0.3, -0.25) is 4.98 Å². The molecule has 1 unspecified atom stereocenters. The van der Waals surface area contributed by atoms with Gasteiger partial charge in [-0.25, -0.2) is 0 Å². The van der Waals surface area contributed by atoms with Gasteiger partial charge in [0.15, 0.2) is 0 Å². The predicted octanol–water partition coefficient (Wildman–Crippen LogP) is 4.73. The molecular formula is C16H11BrClNO. The average molecular weight is 349 g/mol. The number of para-hydroxylation sites is 1. The summed E-state index contributed by atoms with van der Waals surface area (Å²) in [7, 11) is 0. The molecule has 0 bridgehead atoms. The number of fused-ring (bicyclic) bond motifs is 1. The first-order valence-electron chi connectivity index (χ1n) is 6.13. The summed E-state index contributed by atoms with van der Waals surface area (Å²) in [6, 6.07) is 15.1. The highest BCUT2D eigenvalue weighted by atomic mass is 79.9. The molecule has 0 spiro atoms. The molecule has 100 valence electrons. The van der Waals surface area contributed by atoms with E-state index < -0.39 is 6.10 Å². The third-order valence-corrected chi connectivity index (χ3v) is 4.14. The van der Waals surface area contributed by atoms with Gasteiger partial charge < -0.3 is 5.11 Å². The van der Waals surface area contributed by atoms with Gasteiger partial charge in [-0.15, -0.1) is 0 Å². The Hall–Kier alpha value is -1.42.